The molecular formula is C15H19IN2. The zero-order chi connectivity index (χ0) is 13.1. The lowest BCUT2D eigenvalue weighted by Crippen LogP contribution is -2.14. The molecule has 0 atom stereocenters. The molecule has 3 heteroatoms. The normalized spacial score (nSPS) is 11.3. The molecule has 0 N–H and O–H groups in total. The third-order valence-corrected chi connectivity index (χ3v) is 3.99. The minimum Gasteiger partial charge on any atom is -0.343 e. The van der Waals surface area contributed by atoms with E-state index in [1.165, 1.54) is 20.0 Å². The lowest BCUT2D eigenvalue weighted by molar-refractivity contribution is 0.414. The van der Waals surface area contributed by atoms with Gasteiger partial charge < -0.3 is 9.47 Å². The van der Waals surface area contributed by atoms with Crippen LogP contribution in [0.4, 0.5) is 0 Å². The fraction of sp³-hybridized carbons (Fsp3) is 0.333. The number of hydrogen-bond acceptors (Lipinski definition) is 1. The van der Waals surface area contributed by atoms with E-state index in [0.29, 0.717) is 0 Å². The van der Waals surface area contributed by atoms with Crippen molar-refractivity contribution in [3.63, 3.8) is 0 Å². The van der Waals surface area contributed by atoms with Gasteiger partial charge in [-0.15, -0.1) is 6.58 Å². The molecule has 96 valence electrons. The van der Waals surface area contributed by atoms with Gasteiger partial charge in [0.15, 0.2) is 0 Å². The Morgan fingerprint density at radius 2 is 2.17 bits per heavy atom. The highest BCUT2D eigenvalue weighted by Crippen LogP contribution is 2.27. The molecule has 0 amide bonds. The maximum absolute atomic E-state index is 3.84. The topological polar surface area (TPSA) is 8.17 Å². The summed E-state index contributed by atoms with van der Waals surface area (Å²) in [4.78, 5) is 2.23. The average molecular weight is 354 g/mol. The largest absolute Gasteiger partial charge is 0.343 e. The number of rotatable bonds is 5. The number of nitrogens with zero attached hydrogens (tertiary/aromatic N) is 2. The quantitative estimate of drug-likeness (QED) is 0.589. The first kappa shape index (κ1) is 13.6. The van der Waals surface area contributed by atoms with Gasteiger partial charge in [0.25, 0.3) is 0 Å². The van der Waals surface area contributed by atoms with Crippen molar-refractivity contribution in [2.75, 3.05) is 20.6 Å². The molecule has 0 spiro atoms. The second-order valence-corrected chi connectivity index (χ2v) is 5.94. The van der Waals surface area contributed by atoms with Crippen LogP contribution in [-0.2, 0) is 13.0 Å². The number of benzene rings is 1. The van der Waals surface area contributed by atoms with E-state index in [4.69, 9.17) is 0 Å². The van der Waals surface area contributed by atoms with Gasteiger partial charge in [0, 0.05) is 33.8 Å². The molecule has 2 nitrogen and oxygen atoms in total. The van der Waals surface area contributed by atoms with Crippen molar-refractivity contribution >= 4 is 33.5 Å². The molecule has 0 aliphatic heterocycles. The highest BCUT2D eigenvalue weighted by Gasteiger charge is 2.10. The first-order valence-corrected chi connectivity index (χ1v) is 7.23. The van der Waals surface area contributed by atoms with Crippen molar-refractivity contribution in [1.82, 2.24) is 9.47 Å². The molecule has 0 saturated carbocycles. The Labute approximate surface area is 122 Å². The standard InChI is InChI=1S/C15H19IN2/c1-4-9-18-11-12(8-10-17(2)3)15-13(16)6-5-7-14(15)18/h4-7,11H,1,8-10H2,2-3H3. The molecule has 0 fully saturated rings. The van der Waals surface area contributed by atoms with E-state index in [-0.39, 0.29) is 0 Å². The smallest absolute Gasteiger partial charge is 0.0496 e. The molecule has 1 aromatic heterocycles. The lowest BCUT2D eigenvalue weighted by atomic mass is 10.1. The van der Waals surface area contributed by atoms with Crippen molar-refractivity contribution in [2.24, 2.45) is 0 Å². The highest BCUT2D eigenvalue weighted by atomic mass is 127. The van der Waals surface area contributed by atoms with Gasteiger partial charge in [0.2, 0.25) is 0 Å². The predicted molar refractivity (Wildman–Crippen MR) is 87.1 cm³/mol. The van der Waals surface area contributed by atoms with E-state index in [2.05, 4.69) is 77.1 Å². The van der Waals surface area contributed by atoms with Gasteiger partial charge in [-0.25, -0.2) is 0 Å². The van der Waals surface area contributed by atoms with Crippen LogP contribution in [0.1, 0.15) is 5.56 Å². The van der Waals surface area contributed by atoms with E-state index in [9.17, 15) is 0 Å². The van der Waals surface area contributed by atoms with E-state index in [1.54, 1.807) is 0 Å². The van der Waals surface area contributed by atoms with Crippen molar-refractivity contribution in [2.45, 2.75) is 13.0 Å². The van der Waals surface area contributed by atoms with Crippen LogP contribution in [0.25, 0.3) is 10.9 Å². The van der Waals surface area contributed by atoms with Crippen molar-refractivity contribution in [3.8, 4) is 0 Å². The van der Waals surface area contributed by atoms with Crippen LogP contribution < -0.4 is 0 Å². The fourth-order valence-corrected chi connectivity index (χ4v) is 3.05. The predicted octanol–water partition coefficient (Wildman–Crippen LogP) is 3.54. The lowest BCUT2D eigenvalue weighted by Gasteiger charge is -2.08. The second-order valence-electron chi connectivity index (χ2n) is 4.78. The van der Waals surface area contributed by atoms with Crippen molar-refractivity contribution in [1.29, 1.82) is 0 Å². The Balaban J connectivity index is 2.47. The molecule has 0 aliphatic carbocycles. The van der Waals surface area contributed by atoms with Crippen LogP contribution in [-0.4, -0.2) is 30.1 Å². The Morgan fingerprint density at radius 1 is 1.39 bits per heavy atom. The summed E-state index contributed by atoms with van der Waals surface area (Å²) in [6, 6.07) is 6.50. The number of fused-ring (bicyclic) bond motifs is 1. The monoisotopic (exact) mass is 354 g/mol. The number of halogens is 1. The van der Waals surface area contributed by atoms with Gasteiger partial charge in [-0.05, 0) is 60.8 Å². The average Bonchev–Trinajstić information content (AvgIpc) is 2.67. The Hall–Kier alpha value is -0.810. The van der Waals surface area contributed by atoms with E-state index >= 15 is 0 Å². The maximum Gasteiger partial charge on any atom is 0.0496 e. The molecule has 2 aromatic rings. The van der Waals surface area contributed by atoms with E-state index < -0.39 is 0 Å². The zero-order valence-corrected chi connectivity index (χ0v) is 13.1. The zero-order valence-electron chi connectivity index (χ0n) is 11.0. The first-order chi connectivity index (χ1) is 8.63. The summed E-state index contributed by atoms with van der Waals surface area (Å²) in [6.07, 6.45) is 5.32. The van der Waals surface area contributed by atoms with Crippen LogP contribution >= 0.6 is 22.6 Å². The molecule has 0 aliphatic rings. The third-order valence-electron chi connectivity index (χ3n) is 3.09. The maximum atomic E-state index is 3.84. The van der Waals surface area contributed by atoms with E-state index in [0.717, 1.165) is 19.5 Å². The Morgan fingerprint density at radius 3 is 2.83 bits per heavy atom. The van der Waals surface area contributed by atoms with Gasteiger partial charge in [-0.3, -0.25) is 0 Å². The van der Waals surface area contributed by atoms with E-state index in [1.807, 2.05) is 6.08 Å². The molecule has 18 heavy (non-hydrogen) atoms. The Bertz CT molecular complexity index is 555. The summed E-state index contributed by atoms with van der Waals surface area (Å²) in [6.45, 7) is 5.79. The summed E-state index contributed by atoms with van der Waals surface area (Å²) in [5, 5.41) is 1.40. The number of allylic oxidation sites excluding steroid dienone is 1. The fourth-order valence-electron chi connectivity index (χ4n) is 2.22. The Kier molecular flexibility index (Phi) is 4.45. The molecule has 0 bridgehead atoms. The summed E-state index contributed by atoms with van der Waals surface area (Å²) in [7, 11) is 4.24. The second kappa shape index (κ2) is 5.89. The molecule has 0 unspecified atom stereocenters. The molecule has 2 rings (SSSR count). The minimum absolute atomic E-state index is 0.874. The van der Waals surface area contributed by atoms with Crippen molar-refractivity contribution in [3.05, 3.63) is 46.2 Å². The number of likely N-dealkylation sites (N-methyl/N-ethyl adjacent to an activating group) is 1. The molecule has 0 saturated heterocycles. The molecule has 1 heterocycles. The molecule has 1 aromatic carbocycles. The summed E-state index contributed by atoms with van der Waals surface area (Å²) in [5.74, 6) is 0. The number of aromatic nitrogens is 1. The van der Waals surface area contributed by atoms with Gasteiger partial charge in [-0.1, -0.05) is 12.1 Å². The highest BCUT2D eigenvalue weighted by molar-refractivity contribution is 14.1. The van der Waals surface area contributed by atoms with Gasteiger partial charge >= 0.3 is 0 Å². The van der Waals surface area contributed by atoms with Gasteiger partial charge in [0.05, 0.1) is 0 Å². The van der Waals surface area contributed by atoms with Crippen LogP contribution in [0.2, 0.25) is 0 Å². The molecular weight excluding hydrogens is 335 g/mol. The summed E-state index contributed by atoms with van der Waals surface area (Å²) in [5.41, 5.74) is 2.75. The van der Waals surface area contributed by atoms with Crippen molar-refractivity contribution < 1.29 is 0 Å². The number of hydrogen-bond donors (Lipinski definition) is 0. The molecule has 0 radical (unpaired) electrons. The minimum atomic E-state index is 0.874. The SMILES string of the molecule is C=CCn1cc(CCN(C)C)c2c(I)cccc21. The van der Waals surface area contributed by atoms with Crippen LogP contribution in [0.5, 0.6) is 0 Å². The van der Waals surface area contributed by atoms with Crippen LogP contribution in [0, 0.1) is 3.57 Å². The summed E-state index contributed by atoms with van der Waals surface area (Å²) >= 11 is 2.43. The summed E-state index contributed by atoms with van der Waals surface area (Å²) < 4.78 is 3.62. The van der Waals surface area contributed by atoms with Gasteiger partial charge in [-0.2, -0.15) is 0 Å². The first-order valence-electron chi connectivity index (χ1n) is 6.15. The third kappa shape index (κ3) is 2.78. The van der Waals surface area contributed by atoms with Crippen LogP contribution in [0.15, 0.2) is 37.1 Å². The van der Waals surface area contributed by atoms with Crippen LogP contribution in [0.3, 0.4) is 0 Å². The van der Waals surface area contributed by atoms with Gasteiger partial charge in [0.1, 0.15) is 0 Å².